The molecule has 0 atom stereocenters. The Morgan fingerprint density at radius 3 is 2.40 bits per heavy atom. The van der Waals surface area contributed by atoms with Crippen LogP contribution in [0.4, 0.5) is 0 Å². The Bertz CT molecular complexity index is 892. The number of aliphatic carboxylic acids is 1. The summed E-state index contributed by atoms with van der Waals surface area (Å²) in [5.74, 6) is 0.906. The van der Waals surface area contributed by atoms with Crippen LogP contribution in [0.2, 0.25) is 0 Å². The van der Waals surface area contributed by atoms with Crippen LogP contribution >= 0.6 is 0 Å². The smallest absolute Gasteiger partial charge is 0.309 e. The Morgan fingerprint density at radius 1 is 1.07 bits per heavy atom. The van der Waals surface area contributed by atoms with Crippen molar-refractivity contribution in [2.45, 2.75) is 65.5 Å². The standard InChI is InChI=1S/C26H35NO3/c1-4-26(2,3)22-8-11-23(12-9-22)30-24-10-7-19-13-18(5-6-20(19)14-24)15-27-16-21(17-27)25(28)29/h5-7,10,13-14,21-23H,4,8-9,11-12,15-17H2,1-3H3,(H,28,29)/t22-,23-. The maximum Gasteiger partial charge on any atom is 0.309 e. The van der Waals surface area contributed by atoms with Crippen LogP contribution in [-0.2, 0) is 11.3 Å². The molecule has 0 aromatic heterocycles. The molecule has 2 aromatic rings. The van der Waals surface area contributed by atoms with Crippen LogP contribution in [0.3, 0.4) is 0 Å². The van der Waals surface area contributed by atoms with Gasteiger partial charge in [-0.25, -0.2) is 0 Å². The molecular weight excluding hydrogens is 374 g/mol. The Balaban J connectivity index is 1.34. The summed E-state index contributed by atoms with van der Waals surface area (Å²) in [4.78, 5) is 13.2. The molecule has 2 aliphatic rings. The van der Waals surface area contributed by atoms with Crippen LogP contribution in [0.25, 0.3) is 10.8 Å². The van der Waals surface area contributed by atoms with E-state index in [0.29, 0.717) is 24.6 Å². The summed E-state index contributed by atoms with van der Waals surface area (Å²) < 4.78 is 6.35. The third-order valence-corrected chi connectivity index (χ3v) is 7.58. The average molecular weight is 410 g/mol. The second-order valence-corrected chi connectivity index (χ2v) is 10.0. The molecule has 2 fully saturated rings. The predicted molar refractivity (Wildman–Crippen MR) is 121 cm³/mol. The van der Waals surface area contributed by atoms with Gasteiger partial charge in [0.1, 0.15) is 5.75 Å². The lowest BCUT2D eigenvalue weighted by molar-refractivity contribution is -0.147. The van der Waals surface area contributed by atoms with Crippen LogP contribution in [0.5, 0.6) is 5.75 Å². The molecule has 1 saturated carbocycles. The minimum atomic E-state index is -0.681. The molecule has 1 N–H and O–H groups in total. The van der Waals surface area contributed by atoms with Gasteiger partial charge in [-0.1, -0.05) is 45.4 Å². The highest BCUT2D eigenvalue weighted by Crippen LogP contribution is 2.41. The van der Waals surface area contributed by atoms with Crippen molar-refractivity contribution in [3.8, 4) is 5.75 Å². The molecule has 4 nitrogen and oxygen atoms in total. The van der Waals surface area contributed by atoms with Gasteiger partial charge in [0.15, 0.2) is 0 Å². The van der Waals surface area contributed by atoms with Crippen molar-refractivity contribution in [1.82, 2.24) is 4.90 Å². The van der Waals surface area contributed by atoms with Crippen molar-refractivity contribution in [2.75, 3.05) is 13.1 Å². The summed E-state index contributed by atoms with van der Waals surface area (Å²) in [6.07, 6.45) is 6.41. The number of ether oxygens (including phenoxy) is 1. The largest absolute Gasteiger partial charge is 0.490 e. The molecule has 1 saturated heterocycles. The molecule has 0 radical (unpaired) electrons. The lowest BCUT2D eigenvalue weighted by atomic mass is 9.69. The molecule has 0 amide bonds. The number of carboxylic acids is 1. The van der Waals surface area contributed by atoms with Gasteiger partial charge >= 0.3 is 5.97 Å². The van der Waals surface area contributed by atoms with Gasteiger partial charge in [-0.3, -0.25) is 9.69 Å². The summed E-state index contributed by atoms with van der Waals surface area (Å²) in [7, 11) is 0. The van der Waals surface area contributed by atoms with E-state index in [1.54, 1.807) is 0 Å². The maximum atomic E-state index is 11.0. The second-order valence-electron chi connectivity index (χ2n) is 10.0. The number of hydrogen-bond acceptors (Lipinski definition) is 3. The van der Waals surface area contributed by atoms with Crippen molar-refractivity contribution in [2.24, 2.45) is 17.3 Å². The second kappa shape index (κ2) is 8.58. The lowest BCUT2D eigenvalue weighted by Gasteiger charge is -2.38. The first-order valence-corrected chi connectivity index (χ1v) is 11.5. The summed E-state index contributed by atoms with van der Waals surface area (Å²) in [6, 6.07) is 12.9. The Hall–Kier alpha value is -2.07. The van der Waals surface area contributed by atoms with Gasteiger partial charge in [-0.05, 0) is 71.6 Å². The van der Waals surface area contributed by atoms with Crippen molar-refractivity contribution >= 4 is 16.7 Å². The van der Waals surface area contributed by atoms with Gasteiger partial charge in [0.25, 0.3) is 0 Å². The Labute approximate surface area is 180 Å². The number of carboxylic acid groups (broad SMARTS) is 1. The average Bonchev–Trinajstić information content (AvgIpc) is 2.70. The third kappa shape index (κ3) is 4.64. The SMILES string of the molecule is CCC(C)(C)[C@H]1CC[C@H](Oc2ccc3cc(CN4CC(C(=O)O)C4)ccc3c2)CC1. The van der Waals surface area contributed by atoms with Crippen molar-refractivity contribution < 1.29 is 14.6 Å². The van der Waals surface area contributed by atoms with Gasteiger partial charge < -0.3 is 9.84 Å². The number of fused-ring (bicyclic) bond motifs is 1. The highest BCUT2D eigenvalue weighted by molar-refractivity contribution is 5.84. The summed E-state index contributed by atoms with van der Waals surface area (Å²) in [5.41, 5.74) is 1.67. The summed E-state index contributed by atoms with van der Waals surface area (Å²) in [6.45, 7) is 9.23. The first-order chi connectivity index (χ1) is 14.3. The summed E-state index contributed by atoms with van der Waals surface area (Å²) in [5, 5.41) is 11.4. The number of nitrogens with zero attached hydrogens (tertiary/aromatic N) is 1. The van der Waals surface area contributed by atoms with E-state index in [4.69, 9.17) is 9.84 Å². The lowest BCUT2D eigenvalue weighted by Crippen LogP contribution is -2.49. The Kier molecular flexibility index (Phi) is 6.06. The predicted octanol–water partition coefficient (Wildman–Crippen LogP) is 5.73. The normalized spacial score (nSPS) is 23.3. The van der Waals surface area contributed by atoms with Crippen LogP contribution in [0.15, 0.2) is 36.4 Å². The molecule has 1 heterocycles. The number of benzene rings is 2. The van der Waals surface area contributed by atoms with E-state index in [1.807, 2.05) is 0 Å². The molecule has 2 aromatic carbocycles. The van der Waals surface area contributed by atoms with Crippen molar-refractivity contribution in [1.29, 1.82) is 0 Å². The fourth-order valence-corrected chi connectivity index (χ4v) is 5.00. The first kappa shape index (κ1) is 21.2. The molecular formula is C26H35NO3. The fraction of sp³-hybridized carbons (Fsp3) is 0.577. The van der Waals surface area contributed by atoms with Gasteiger partial charge in [0.2, 0.25) is 0 Å². The van der Waals surface area contributed by atoms with Gasteiger partial charge in [0, 0.05) is 19.6 Å². The van der Waals surface area contributed by atoms with Gasteiger partial charge in [-0.2, -0.15) is 0 Å². The van der Waals surface area contributed by atoms with E-state index in [0.717, 1.165) is 31.1 Å². The van der Waals surface area contributed by atoms with Crippen LogP contribution in [0, 0.1) is 17.3 Å². The van der Waals surface area contributed by atoms with E-state index >= 15 is 0 Å². The fourth-order valence-electron chi connectivity index (χ4n) is 5.00. The van der Waals surface area contributed by atoms with Crippen molar-refractivity contribution in [3.05, 3.63) is 42.0 Å². The van der Waals surface area contributed by atoms with Crippen molar-refractivity contribution in [3.63, 3.8) is 0 Å². The number of likely N-dealkylation sites (tertiary alicyclic amines) is 1. The molecule has 30 heavy (non-hydrogen) atoms. The van der Waals surface area contributed by atoms with E-state index in [-0.39, 0.29) is 5.92 Å². The molecule has 4 heteroatoms. The molecule has 4 rings (SSSR count). The van der Waals surface area contributed by atoms with Crippen LogP contribution in [-0.4, -0.2) is 35.2 Å². The van der Waals surface area contributed by atoms with E-state index < -0.39 is 5.97 Å². The minimum Gasteiger partial charge on any atom is -0.490 e. The van der Waals surface area contributed by atoms with Gasteiger partial charge in [0.05, 0.1) is 12.0 Å². The zero-order valence-electron chi connectivity index (χ0n) is 18.6. The maximum absolute atomic E-state index is 11.0. The van der Waals surface area contributed by atoms with Crippen LogP contribution < -0.4 is 4.74 Å². The third-order valence-electron chi connectivity index (χ3n) is 7.58. The highest BCUT2D eigenvalue weighted by Gasteiger charge is 2.33. The summed E-state index contributed by atoms with van der Waals surface area (Å²) >= 11 is 0. The van der Waals surface area contributed by atoms with E-state index in [1.165, 1.54) is 35.6 Å². The Morgan fingerprint density at radius 2 is 1.73 bits per heavy atom. The number of hydrogen-bond donors (Lipinski definition) is 1. The minimum absolute atomic E-state index is 0.201. The molecule has 162 valence electrons. The quantitative estimate of drug-likeness (QED) is 0.634. The molecule has 0 spiro atoms. The topological polar surface area (TPSA) is 49.8 Å². The van der Waals surface area contributed by atoms with Crippen LogP contribution in [0.1, 0.15) is 58.4 Å². The molecule has 1 aliphatic heterocycles. The highest BCUT2D eigenvalue weighted by atomic mass is 16.5. The zero-order chi connectivity index (χ0) is 21.3. The molecule has 0 unspecified atom stereocenters. The molecule has 1 aliphatic carbocycles. The molecule has 0 bridgehead atoms. The number of carbonyl (C=O) groups is 1. The van der Waals surface area contributed by atoms with E-state index in [2.05, 4.69) is 62.1 Å². The monoisotopic (exact) mass is 409 g/mol. The zero-order valence-corrected chi connectivity index (χ0v) is 18.6. The van der Waals surface area contributed by atoms with E-state index in [9.17, 15) is 4.79 Å². The van der Waals surface area contributed by atoms with Gasteiger partial charge in [-0.15, -0.1) is 0 Å². The first-order valence-electron chi connectivity index (χ1n) is 11.5. The number of rotatable bonds is 7.